The van der Waals surface area contributed by atoms with Gasteiger partial charge in [0, 0.05) is 51.6 Å². The highest BCUT2D eigenvalue weighted by atomic mass is 127. The van der Waals surface area contributed by atoms with Crippen molar-refractivity contribution in [3.8, 4) is 0 Å². The van der Waals surface area contributed by atoms with Crippen molar-refractivity contribution in [2.45, 2.75) is 39.3 Å². The lowest BCUT2D eigenvalue weighted by atomic mass is 9.89. The van der Waals surface area contributed by atoms with E-state index in [-0.39, 0.29) is 30.1 Å². The highest BCUT2D eigenvalue weighted by Crippen LogP contribution is 2.34. The van der Waals surface area contributed by atoms with Gasteiger partial charge in [0.1, 0.15) is 0 Å². The molecule has 3 rings (SSSR count). The van der Waals surface area contributed by atoms with E-state index < -0.39 is 0 Å². The first-order chi connectivity index (χ1) is 13.6. The topological polar surface area (TPSA) is 41.8 Å². The number of nitrogens with one attached hydrogen (secondary N) is 1. The van der Waals surface area contributed by atoms with Crippen molar-refractivity contribution in [3.63, 3.8) is 0 Å². The third kappa shape index (κ3) is 6.47. The number of nitrogens with zero attached hydrogens (tertiary/aromatic N) is 3. The van der Waals surface area contributed by atoms with Gasteiger partial charge in [-0.1, -0.05) is 29.8 Å². The fourth-order valence-corrected chi connectivity index (χ4v) is 3.81. The lowest BCUT2D eigenvalue weighted by Gasteiger charge is -2.32. The van der Waals surface area contributed by atoms with Crippen molar-refractivity contribution in [2.24, 2.45) is 18.0 Å². The zero-order valence-electron chi connectivity index (χ0n) is 18.1. The summed E-state index contributed by atoms with van der Waals surface area (Å²) in [6.07, 6.45) is 4.49. The SMILES string of the molecule is CCNC(=NCC1CCCOC1c1ccc(C)cc1)N(C)Cc1cccn1C.I. The van der Waals surface area contributed by atoms with Crippen LogP contribution < -0.4 is 5.32 Å². The highest BCUT2D eigenvalue weighted by molar-refractivity contribution is 14.0. The minimum Gasteiger partial charge on any atom is -0.373 e. The lowest BCUT2D eigenvalue weighted by molar-refractivity contribution is -0.0250. The van der Waals surface area contributed by atoms with Crippen LogP contribution in [0.4, 0.5) is 0 Å². The lowest BCUT2D eigenvalue weighted by Crippen LogP contribution is -2.39. The van der Waals surface area contributed by atoms with Gasteiger partial charge in [0.05, 0.1) is 12.6 Å². The predicted octanol–water partition coefficient (Wildman–Crippen LogP) is 4.52. The predicted molar refractivity (Wildman–Crippen MR) is 131 cm³/mol. The van der Waals surface area contributed by atoms with Crippen LogP contribution in [-0.4, -0.2) is 42.2 Å². The molecule has 1 aromatic carbocycles. The molecule has 0 saturated carbocycles. The van der Waals surface area contributed by atoms with Crippen LogP contribution in [0.5, 0.6) is 0 Å². The molecule has 2 unspecified atom stereocenters. The van der Waals surface area contributed by atoms with Crippen LogP contribution in [0.25, 0.3) is 0 Å². The molecule has 1 N–H and O–H groups in total. The van der Waals surface area contributed by atoms with Gasteiger partial charge in [0.25, 0.3) is 0 Å². The van der Waals surface area contributed by atoms with E-state index in [0.717, 1.165) is 45.0 Å². The van der Waals surface area contributed by atoms with E-state index >= 15 is 0 Å². The van der Waals surface area contributed by atoms with Gasteiger partial charge in [-0.3, -0.25) is 4.99 Å². The Morgan fingerprint density at radius 2 is 2.03 bits per heavy atom. The molecular formula is C23H35IN4O. The molecule has 0 spiro atoms. The molecule has 5 nitrogen and oxygen atoms in total. The Morgan fingerprint density at radius 3 is 2.69 bits per heavy atom. The zero-order valence-corrected chi connectivity index (χ0v) is 20.4. The number of aromatic nitrogens is 1. The molecule has 2 aromatic rings. The van der Waals surface area contributed by atoms with Crippen molar-refractivity contribution < 1.29 is 4.74 Å². The van der Waals surface area contributed by atoms with Crippen molar-refractivity contribution in [1.29, 1.82) is 0 Å². The van der Waals surface area contributed by atoms with Gasteiger partial charge < -0.3 is 19.5 Å². The van der Waals surface area contributed by atoms with Gasteiger partial charge in [-0.05, 0) is 44.4 Å². The second-order valence-electron chi connectivity index (χ2n) is 7.77. The second-order valence-corrected chi connectivity index (χ2v) is 7.77. The van der Waals surface area contributed by atoms with E-state index in [1.807, 2.05) is 0 Å². The monoisotopic (exact) mass is 510 g/mol. The average molecular weight is 510 g/mol. The smallest absolute Gasteiger partial charge is 0.194 e. The Morgan fingerprint density at radius 1 is 1.28 bits per heavy atom. The molecule has 1 fully saturated rings. The summed E-state index contributed by atoms with van der Waals surface area (Å²) < 4.78 is 8.32. The Hall–Kier alpha value is -1.54. The fourth-order valence-electron chi connectivity index (χ4n) is 3.81. The van der Waals surface area contributed by atoms with Crippen molar-refractivity contribution in [2.75, 3.05) is 26.7 Å². The summed E-state index contributed by atoms with van der Waals surface area (Å²) >= 11 is 0. The molecular weight excluding hydrogens is 475 g/mol. The number of rotatable bonds is 6. The number of ether oxygens (including phenoxy) is 1. The van der Waals surface area contributed by atoms with Gasteiger partial charge in [-0.15, -0.1) is 24.0 Å². The van der Waals surface area contributed by atoms with Crippen molar-refractivity contribution in [3.05, 3.63) is 59.4 Å². The van der Waals surface area contributed by atoms with Gasteiger partial charge in [0.15, 0.2) is 5.96 Å². The number of benzene rings is 1. The molecule has 1 aromatic heterocycles. The standard InChI is InChI=1S/C23H34N4O.HI/c1-5-24-23(27(4)17-21-9-6-14-26(21)3)25-16-20-8-7-15-28-22(20)19-12-10-18(2)11-13-19;/h6,9-14,20,22H,5,7-8,15-17H2,1-4H3,(H,24,25);1H. The number of hydrogen-bond donors (Lipinski definition) is 1. The Labute approximate surface area is 192 Å². The quantitative estimate of drug-likeness (QED) is 0.353. The summed E-state index contributed by atoms with van der Waals surface area (Å²) in [7, 11) is 4.18. The minimum atomic E-state index is 0. The first-order valence-corrected chi connectivity index (χ1v) is 10.4. The first kappa shape index (κ1) is 23.7. The summed E-state index contributed by atoms with van der Waals surface area (Å²) in [6.45, 7) is 7.55. The molecule has 0 aliphatic carbocycles. The molecule has 0 amide bonds. The first-order valence-electron chi connectivity index (χ1n) is 10.4. The van der Waals surface area contributed by atoms with Crippen LogP contribution in [0.3, 0.4) is 0 Å². The summed E-state index contributed by atoms with van der Waals surface area (Å²) in [5, 5.41) is 3.44. The molecule has 6 heteroatoms. The van der Waals surface area contributed by atoms with E-state index in [1.165, 1.54) is 16.8 Å². The van der Waals surface area contributed by atoms with E-state index in [9.17, 15) is 0 Å². The molecule has 160 valence electrons. The Kier molecular flexibility index (Phi) is 9.49. The molecule has 1 aliphatic heterocycles. The fraction of sp³-hybridized carbons (Fsp3) is 0.522. The number of aliphatic imine (C=N–C) groups is 1. The van der Waals surface area contributed by atoms with Crippen molar-refractivity contribution in [1.82, 2.24) is 14.8 Å². The largest absolute Gasteiger partial charge is 0.373 e. The number of aryl methyl sites for hydroxylation is 2. The molecule has 2 atom stereocenters. The van der Waals surface area contributed by atoms with Crippen molar-refractivity contribution >= 4 is 29.9 Å². The van der Waals surface area contributed by atoms with Crippen LogP contribution in [0.1, 0.15) is 42.7 Å². The van der Waals surface area contributed by atoms with Gasteiger partial charge in [0.2, 0.25) is 0 Å². The van der Waals surface area contributed by atoms with Gasteiger partial charge >= 0.3 is 0 Å². The molecule has 0 bridgehead atoms. The summed E-state index contributed by atoms with van der Waals surface area (Å²) in [5.41, 5.74) is 3.82. The van der Waals surface area contributed by atoms with Gasteiger partial charge in [-0.25, -0.2) is 0 Å². The Bertz CT molecular complexity index is 771. The third-order valence-electron chi connectivity index (χ3n) is 5.47. The molecule has 29 heavy (non-hydrogen) atoms. The van der Waals surface area contributed by atoms with Crippen LogP contribution >= 0.6 is 24.0 Å². The molecule has 1 saturated heterocycles. The maximum Gasteiger partial charge on any atom is 0.194 e. The average Bonchev–Trinajstić information content (AvgIpc) is 3.10. The van der Waals surface area contributed by atoms with Crippen LogP contribution in [0.2, 0.25) is 0 Å². The number of halogens is 1. The highest BCUT2D eigenvalue weighted by Gasteiger charge is 2.27. The minimum absolute atomic E-state index is 0. The summed E-state index contributed by atoms with van der Waals surface area (Å²) in [6, 6.07) is 13.0. The summed E-state index contributed by atoms with van der Waals surface area (Å²) in [5.74, 6) is 1.37. The van der Waals surface area contributed by atoms with Gasteiger partial charge in [-0.2, -0.15) is 0 Å². The zero-order chi connectivity index (χ0) is 19.9. The maximum absolute atomic E-state index is 6.16. The van der Waals surface area contributed by atoms with E-state index in [2.05, 4.69) is 85.3 Å². The normalized spacial score (nSPS) is 19.5. The van der Waals surface area contributed by atoms with E-state index in [1.54, 1.807) is 0 Å². The molecule has 1 aliphatic rings. The number of hydrogen-bond acceptors (Lipinski definition) is 2. The maximum atomic E-state index is 6.16. The van der Waals surface area contributed by atoms with E-state index in [4.69, 9.17) is 9.73 Å². The molecule has 0 radical (unpaired) electrons. The Balaban J connectivity index is 0.00000300. The molecule has 2 heterocycles. The van der Waals surface area contributed by atoms with Crippen LogP contribution in [-0.2, 0) is 18.3 Å². The van der Waals surface area contributed by atoms with Crippen LogP contribution in [0.15, 0.2) is 47.6 Å². The van der Waals surface area contributed by atoms with Crippen LogP contribution in [0, 0.1) is 12.8 Å². The second kappa shape index (κ2) is 11.6. The number of guanidine groups is 1. The third-order valence-corrected chi connectivity index (χ3v) is 5.47. The van der Waals surface area contributed by atoms with E-state index in [0.29, 0.717) is 5.92 Å². The summed E-state index contributed by atoms with van der Waals surface area (Å²) in [4.78, 5) is 7.18.